The molecule has 0 bridgehead atoms. The first-order valence-electron chi connectivity index (χ1n) is 27.6. The van der Waals surface area contributed by atoms with Gasteiger partial charge in [0.25, 0.3) is 0 Å². The predicted octanol–water partition coefficient (Wildman–Crippen LogP) is 17.8. The molecule has 6 heteroatoms. The minimum Gasteiger partial charge on any atom is -0.507 e. The molecule has 0 unspecified atom stereocenters. The summed E-state index contributed by atoms with van der Waals surface area (Å²) in [6.45, 7) is 27.2. The van der Waals surface area contributed by atoms with Crippen LogP contribution in [0, 0.1) is 10.8 Å². The van der Waals surface area contributed by atoms with Crippen LogP contribution < -0.4 is 18.9 Å². The Balaban J connectivity index is 1.37. The predicted molar refractivity (Wildman–Crippen MR) is 317 cm³/mol. The standard InChI is InChI=1S/C72H78O6/c1-69(2,3)59-34-51(35-60(67(59)73)70(4,5)6)33-57-58-41-56(77-45-49-29-21-15-22-30-49)42-63(78-46-50-31-23-16-24-32-50)66(58)65(53-38-61(71(7,8)9)68(74)62(39-53)72(10,11)12)64(57)52-36-54(75-43-47-25-17-13-18-26-47)40-55(37-52)76-44-48-27-19-14-20-28-48/h13-42,57,64-65,74H,43-46H2,1-12H3/t57-,64+,65-/m0/s1. The van der Waals surface area contributed by atoms with Gasteiger partial charge < -0.3 is 24.1 Å². The van der Waals surface area contributed by atoms with Crippen molar-refractivity contribution in [1.82, 2.24) is 0 Å². The molecule has 0 aliphatic heterocycles. The zero-order chi connectivity index (χ0) is 55.6. The fraction of sp³-hybridized carbons (Fsp3) is 0.319. The number of benzene rings is 7. The molecule has 6 nitrogen and oxygen atoms in total. The molecular weight excluding hydrogens is 961 g/mol. The summed E-state index contributed by atoms with van der Waals surface area (Å²) in [5.41, 5.74) is 10.9. The van der Waals surface area contributed by atoms with Crippen LogP contribution in [0.4, 0.5) is 0 Å². The van der Waals surface area contributed by atoms with Crippen molar-refractivity contribution < 1.29 is 28.8 Å². The number of ketones is 1. The van der Waals surface area contributed by atoms with E-state index in [4.69, 9.17) is 18.9 Å². The van der Waals surface area contributed by atoms with Crippen molar-refractivity contribution in [1.29, 1.82) is 0 Å². The summed E-state index contributed by atoms with van der Waals surface area (Å²) in [6.07, 6.45) is 6.62. The Kier molecular flexibility index (Phi) is 15.9. The molecule has 1 N–H and O–H groups in total. The van der Waals surface area contributed by atoms with Crippen molar-refractivity contribution in [2.45, 2.75) is 138 Å². The Hall–Kier alpha value is -7.57. The highest BCUT2D eigenvalue weighted by atomic mass is 16.5. The molecule has 0 saturated heterocycles. The van der Waals surface area contributed by atoms with Gasteiger partial charge in [0.2, 0.25) is 0 Å². The molecule has 7 aromatic rings. The molecule has 0 radical (unpaired) electrons. The lowest BCUT2D eigenvalue weighted by atomic mass is 9.70. The second-order valence-corrected chi connectivity index (χ2v) is 25.4. The lowest BCUT2D eigenvalue weighted by Gasteiger charge is -2.33. The second kappa shape index (κ2) is 22.4. The SMILES string of the molecule is CC(C)(C)C1=CC(=C[C@H]2c3cc(OCc4ccccc4)cc(OCc4ccccc4)c3[C@@H](c3cc(C(C)(C)C)c(O)c(C(C)(C)C)c3)[C@@H]2c2cc(OCc3ccccc3)cc(OCc3ccccc3)c2)C=C(C(C)(C)C)C1=O. The number of phenolic OH excluding ortho intramolecular Hbond substituents is 1. The first kappa shape index (κ1) is 55.2. The van der Waals surface area contributed by atoms with Crippen molar-refractivity contribution in [3.05, 3.63) is 254 Å². The Morgan fingerprint density at radius 1 is 0.449 bits per heavy atom. The summed E-state index contributed by atoms with van der Waals surface area (Å²) < 4.78 is 27.7. The van der Waals surface area contributed by atoms with Gasteiger partial charge in [-0.3, -0.25) is 4.79 Å². The molecule has 0 saturated carbocycles. The van der Waals surface area contributed by atoms with Gasteiger partial charge in [-0.1, -0.05) is 223 Å². The number of aromatic hydroxyl groups is 1. The highest BCUT2D eigenvalue weighted by molar-refractivity contribution is 6.11. The molecule has 3 atom stereocenters. The number of carbonyl (C=O) groups excluding carboxylic acids is 1. The van der Waals surface area contributed by atoms with Gasteiger partial charge >= 0.3 is 0 Å². The summed E-state index contributed by atoms with van der Waals surface area (Å²) in [6, 6.07) is 56.2. The van der Waals surface area contributed by atoms with E-state index in [1.807, 2.05) is 78.9 Å². The third-order valence-electron chi connectivity index (χ3n) is 15.0. The fourth-order valence-electron chi connectivity index (χ4n) is 10.9. The second-order valence-electron chi connectivity index (χ2n) is 25.4. The van der Waals surface area contributed by atoms with Gasteiger partial charge in [-0.15, -0.1) is 0 Å². The molecule has 402 valence electrons. The van der Waals surface area contributed by atoms with E-state index in [0.29, 0.717) is 55.2 Å². The number of hydrogen-bond donors (Lipinski definition) is 1. The number of allylic oxidation sites excluding steroid dienone is 6. The van der Waals surface area contributed by atoms with Crippen molar-refractivity contribution in [3.63, 3.8) is 0 Å². The Bertz CT molecular complexity index is 3210. The monoisotopic (exact) mass is 1040 g/mol. The van der Waals surface area contributed by atoms with E-state index < -0.39 is 21.7 Å². The van der Waals surface area contributed by atoms with Crippen LogP contribution in [0.5, 0.6) is 28.7 Å². The number of fused-ring (bicyclic) bond motifs is 1. The zero-order valence-corrected chi connectivity index (χ0v) is 47.9. The smallest absolute Gasteiger partial charge is 0.186 e. The molecule has 2 aliphatic carbocycles. The average molecular weight is 1040 g/mol. The van der Waals surface area contributed by atoms with Crippen LogP contribution in [-0.4, -0.2) is 10.9 Å². The van der Waals surface area contributed by atoms with Crippen LogP contribution in [0.25, 0.3) is 0 Å². The van der Waals surface area contributed by atoms with Crippen LogP contribution in [0.2, 0.25) is 0 Å². The molecule has 78 heavy (non-hydrogen) atoms. The van der Waals surface area contributed by atoms with Gasteiger partial charge in [0.1, 0.15) is 55.2 Å². The average Bonchev–Trinajstić information content (AvgIpc) is 3.86. The molecule has 0 amide bonds. The van der Waals surface area contributed by atoms with Crippen LogP contribution in [0.15, 0.2) is 199 Å². The Morgan fingerprint density at radius 2 is 0.833 bits per heavy atom. The maximum Gasteiger partial charge on any atom is 0.186 e. The lowest BCUT2D eigenvalue weighted by Crippen LogP contribution is -2.28. The minimum atomic E-state index is -0.429. The zero-order valence-electron chi connectivity index (χ0n) is 47.9. The van der Waals surface area contributed by atoms with Crippen molar-refractivity contribution >= 4 is 5.78 Å². The van der Waals surface area contributed by atoms with Gasteiger partial charge in [0.15, 0.2) is 5.78 Å². The maximum absolute atomic E-state index is 14.6. The molecule has 0 spiro atoms. The van der Waals surface area contributed by atoms with Crippen molar-refractivity contribution in [2.75, 3.05) is 0 Å². The number of rotatable bonds is 15. The normalized spacial score (nSPS) is 16.7. The van der Waals surface area contributed by atoms with Gasteiger partial charge in [0.05, 0.1) is 0 Å². The Morgan fingerprint density at radius 3 is 1.22 bits per heavy atom. The number of Topliss-reactive ketones (excluding diaryl/α,β-unsaturated/α-hetero) is 1. The quantitative estimate of drug-likeness (QED) is 0.110. The van der Waals surface area contributed by atoms with E-state index >= 15 is 0 Å². The van der Waals surface area contributed by atoms with E-state index in [9.17, 15) is 9.90 Å². The van der Waals surface area contributed by atoms with E-state index in [0.717, 1.165) is 72.4 Å². The highest BCUT2D eigenvalue weighted by Crippen LogP contribution is 2.61. The molecule has 2 aliphatic rings. The molecule has 7 aromatic carbocycles. The van der Waals surface area contributed by atoms with Crippen LogP contribution >= 0.6 is 0 Å². The molecule has 0 heterocycles. The highest BCUT2D eigenvalue weighted by Gasteiger charge is 2.46. The largest absolute Gasteiger partial charge is 0.507 e. The number of ether oxygens (including phenoxy) is 4. The topological polar surface area (TPSA) is 74.2 Å². The lowest BCUT2D eigenvalue weighted by molar-refractivity contribution is -0.114. The first-order valence-corrected chi connectivity index (χ1v) is 27.6. The van der Waals surface area contributed by atoms with E-state index in [-0.39, 0.29) is 23.5 Å². The third-order valence-corrected chi connectivity index (χ3v) is 15.0. The fourth-order valence-corrected chi connectivity index (χ4v) is 10.9. The number of phenols is 1. The molecule has 9 rings (SSSR count). The van der Waals surface area contributed by atoms with Gasteiger partial charge in [-0.2, -0.15) is 0 Å². The number of hydrogen-bond acceptors (Lipinski definition) is 6. The van der Waals surface area contributed by atoms with Gasteiger partial charge in [-0.25, -0.2) is 0 Å². The van der Waals surface area contributed by atoms with E-state index in [1.165, 1.54) is 0 Å². The van der Waals surface area contributed by atoms with Gasteiger partial charge in [-0.05, 0) is 108 Å². The van der Waals surface area contributed by atoms with E-state index in [2.05, 4.69) is 186 Å². The number of carbonyl (C=O) groups is 1. The summed E-state index contributed by atoms with van der Waals surface area (Å²) in [5.74, 6) is 2.14. The van der Waals surface area contributed by atoms with Crippen LogP contribution in [0.1, 0.15) is 156 Å². The van der Waals surface area contributed by atoms with E-state index in [1.54, 1.807) is 0 Å². The summed E-state index contributed by atoms with van der Waals surface area (Å²) in [7, 11) is 0. The molecule has 0 fully saturated rings. The van der Waals surface area contributed by atoms with Crippen LogP contribution in [-0.2, 0) is 42.1 Å². The summed E-state index contributed by atoms with van der Waals surface area (Å²) >= 11 is 0. The Labute approximate surface area is 464 Å². The van der Waals surface area contributed by atoms with Crippen molar-refractivity contribution in [3.8, 4) is 28.7 Å². The third kappa shape index (κ3) is 12.7. The summed E-state index contributed by atoms with van der Waals surface area (Å²) in [4.78, 5) is 14.6. The van der Waals surface area contributed by atoms with Gasteiger partial charge in [0, 0.05) is 46.6 Å². The maximum atomic E-state index is 14.6. The first-order chi connectivity index (χ1) is 37.0. The minimum absolute atomic E-state index is 0.0820. The van der Waals surface area contributed by atoms with Crippen molar-refractivity contribution in [2.24, 2.45) is 10.8 Å². The molecular formula is C72H78O6. The summed E-state index contributed by atoms with van der Waals surface area (Å²) in [5, 5.41) is 12.4. The molecule has 0 aromatic heterocycles. The van der Waals surface area contributed by atoms with Crippen LogP contribution in [0.3, 0.4) is 0 Å².